The van der Waals surface area contributed by atoms with Crippen LogP contribution in [0, 0.1) is 0 Å². The van der Waals surface area contributed by atoms with Crippen molar-refractivity contribution in [3.05, 3.63) is 34.6 Å². The summed E-state index contributed by atoms with van der Waals surface area (Å²) in [5.41, 5.74) is 0.887. The van der Waals surface area contributed by atoms with Crippen LogP contribution in [0.3, 0.4) is 0 Å². The first-order valence-corrected chi connectivity index (χ1v) is 6.93. The molecule has 102 valence electrons. The largest absolute Gasteiger partial charge is 0.419 e. The number of benzene rings is 1. The highest BCUT2D eigenvalue weighted by atomic mass is 79.9. The van der Waals surface area contributed by atoms with Crippen molar-refractivity contribution in [1.82, 2.24) is 15.1 Å². The summed E-state index contributed by atoms with van der Waals surface area (Å²) in [6, 6.07) is 7.73. The number of halogens is 1. The molecule has 0 spiro atoms. The molecular weight excluding hydrogens is 310 g/mol. The van der Waals surface area contributed by atoms with E-state index in [1.165, 1.54) is 0 Å². The minimum Gasteiger partial charge on any atom is -0.419 e. The Balaban J connectivity index is 2.10. The molecule has 6 heteroatoms. The standard InChI is InChI=1S/C13H16BrN3O2/c1-2-17(6-7-18)9-12-15-16-13(19-12)10-4-3-5-11(14)8-10/h3-5,8,18H,2,6-7,9H2,1H3. The van der Waals surface area contributed by atoms with Gasteiger partial charge in [0.25, 0.3) is 0 Å². The molecular formula is C13H16BrN3O2. The Morgan fingerprint density at radius 2 is 2.21 bits per heavy atom. The number of aromatic nitrogens is 2. The Morgan fingerprint density at radius 1 is 1.37 bits per heavy atom. The van der Waals surface area contributed by atoms with E-state index in [1.807, 2.05) is 36.1 Å². The van der Waals surface area contributed by atoms with E-state index in [0.717, 1.165) is 16.6 Å². The molecule has 0 radical (unpaired) electrons. The van der Waals surface area contributed by atoms with Crippen LogP contribution in [0.4, 0.5) is 0 Å². The van der Waals surface area contributed by atoms with Crippen molar-refractivity contribution in [2.45, 2.75) is 13.5 Å². The zero-order chi connectivity index (χ0) is 13.7. The Kier molecular flexibility index (Phi) is 5.07. The summed E-state index contributed by atoms with van der Waals surface area (Å²) in [5, 5.41) is 17.0. The normalized spacial score (nSPS) is 11.2. The molecule has 0 amide bonds. The van der Waals surface area contributed by atoms with Crippen molar-refractivity contribution < 1.29 is 9.52 Å². The highest BCUT2D eigenvalue weighted by molar-refractivity contribution is 9.10. The lowest BCUT2D eigenvalue weighted by atomic mass is 10.2. The summed E-state index contributed by atoms with van der Waals surface area (Å²) in [4.78, 5) is 2.04. The average Bonchev–Trinajstić information content (AvgIpc) is 2.87. The number of likely N-dealkylation sites (N-methyl/N-ethyl adjacent to an activating group) is 1. The van der Waals surface area contributed by atoms with Gasteiger partial charge >= 0.3 is 0 Å². The van der Waals surface area contributed by atoms with Crippen molar-refractivity contribution >= 4 is 15.9 Å². The highest BCUT2D eigenvalue weighted by Crippen LogP contribution is 2.21. The van der Waals surface area contributed by atoms with E-state index in [9.17, 15) is 0 Å². The minimum absolute atomic E-state index is 0.125. The molecule has 1 aromatic heterocycles. The second-order valence-corrected chi connectivity index (χ2v) is 5.02. The second-order valence-electron chi connectivity index (χ2n) is 4.10. The topological polar surface area (TPSA) is 62.4 Å². The van der Waals surface area contributed by atoms with Crippen molar-refractivity contribution in [2.75, 3.05) is 19.7 Å². The van der Waals surface area contributed by atoms with Gasteiger partial charge in [-0.05, 0) is 24.7 Å². The van der Waals surface area contributed by atoms with Crippen LogP contribution >= 0.6 is 15.9 Å². The van der Waals surface area contributed by atoms with E-state index in [0.29, 0.717) is 24.9 Å². The SMILES string of the molecule is CCN(CCO)Cc1nnc(-c2cccc(Br)c2)o1. The van der Waals surface area contributed by atoms with Gasteiger partial charge in [0.1, 0.15) is 0 Å². The van der Waals surface area contributed by atoms with Gasteiger partial charge in [-0.25, -0.2) is 0 Å². The van der Waals surface area contributed by atoms with Gasteiger partial charge in [0.2, 0.25) is 11.8 Å². The lowest BCUT2D eigenvalue weighted by Gasteiger charge is -2.15. The maximum Gasteiger partial charge on any atom is 0.247 e. The van der Waals surface area contributed by atoms with Crippen LogP contribution in [0.2, 0.25) is 0 Å². The van der Waals surface area contributed by atoms with Gasteiger partial charge in [0.15, 0.2) is 0 Å². The van der Waals surface area contributed by atoms with Crippen LogP contribution in [-0.2, 0) is 6.54 Å². The van der Waals surface area contributed by atoms with Gasteiger partial charge in [-0.3, -0.25) is 4.90 Å². The first kappa shape index (κ1) is 14.2. The predicted molar refractivity (Wildman–Crippen MR) is 75.5 cm³/mol. The van der Waals surface area contributed by atoms with Gasteiger partial charge in [-0.1, -0.05) is 28.9 Å². The lowest BCUT2D eigenvalue weighted by Crippen LogP contribution is -2.26. The monoisotopic (exact) mass is 325 g/mol. The Bertz CT molecular complexity index is 530. The van der Waals surface area contributed by atoms with Crippen molar-refractivity contribution in [3.8, 4) is 11.5 Å². The molecule has 2 rings (SSSR count). The molecule has 2 aromatic rings. The summed E-state index contributed by atoms with van der Waals surface area (Å²) in [6.07, 6.45) is 0. The molecule has 0 bridgehead atoms. The quantitative estimate of drug-likeness (QED) is 0.883. The molecule has 1 heterocycles. The minimum atomic E-state index is 0.125. The molecule has 0 atom stereocenters. The molecule has 0 aliphatic rings. The van der Waals surface area contributed by atoms with Crippen molar-refractivity contribution in [1.29, 1.82) is 0 Å². The number of hydrogen-bond acceptors (Lipinski definition) is 5. The molecule has 0 saturated carbocycles. The zero-order valence-electron chi connectivity index (χ0n) is 10.7. The van der Waals surface area contributed by atoms with Gasteiger partial charge in [-0.2, -0.15) is 0 Å². The van der Waals surface area contributed by atoms with Crippen LogP contribution in [0.1, 0.15) is 12.8 Å². The Labute approximate surface area is 120 Å². The van der Waals surface area contributed by atoms with Crippen LogP contribution in [0.5, 0.6) is 0 Å². The Hall–Kier alpha value is -1.24. The van der Waals surface area contributed by atoms with Crippen molar-refractivity contribution in [3.63, 3.8) is 0 Å². The molecule has 0 aliphatic heterocycles. The summed E-state index contributed by atoms with van der Waals surface area (Å²) >= 11 is 3.41. The Morgan fingerprint density at radius 3 is 2.89 bits per heavy atom. The molecule has 0 unspecified atom stereocenters. The summed E-state index contributed by atoms with van der Waals surface area (Å²) in [5.74, 6) is 1.07. The first-order chi connectivity index (χ1) is 9.22. The third kappa shape index (κ3) is 3.86. The first-order valence-electron chi connectivity index (χ1n) is 6.14. The van der Waals surface area contributed by atoms with Crippen LogP contribution in [0.15, 0.2) is 33.2 Å². The van der Waals surface area contributed by atoms with Gasteiger partial charge in [0.05, 0.1) is 13.2 Å². The van der Waals surface area contributed by atoms with E-state index in [1.54, 1.807) is 0 Å². The maximum absolute atomic E-state index is 8.95. The van der Waals surface area contributed by atoms with E-state index in [4.69, 9.17) is 9.52 Å². The van der Waals surface area contributed by atoms with Crippen LogP contribution in [-0.4, -0.2) is 39.9 Å². The lowest BCUT2D eigenvalue weighted by molar-refractivity contribution is 0.185. The maximum atomic E-state index is 8.95. The van der Waals surface area contributed by atoms with Gasteiger partial charge in [-0.15, -0.1) is 10.2 Å². The highest BCUT2D eigenvalue weighted by Gasteiger charge is 2.11. The molecule has 5 nitrogen and oxygen atoms in total. The third-order valence-electron chi connectivity index (χ3n) is 2.76. The van der Waals surface area contributed by atoms with Crippen molar-refractivity contribution in [2.24, 2.45) is 0 Å². The molecule has 0 saturated heterocycles. The number of aliphatic hydroxyl groups is 1. The fraction of sp³-hybridized carbons (Fsp3) is 0.385. The predicted octanol–water partition coefficient (Wildman–Crippen LogP) is 2.31. The summed E-state index contributed by atoms with van der Waals surface area (Å²) in [6.45, 7) is 4.14. The second kappa shape index (κ2) is 6.79. The number of hydrogen-bond donors (Lipinski definition) is 1. The van der Waals surface area contributed by atoms with Crippen LogP contribution in [0.25, 0.3) is 11.5 Å². The van der Waals surface area contributed by atoms with E-state index in [-0.39, 0.29) is 6.61 Å². The van der Waals surface area contributed by atoms with E-state index < -0.39 is 0 Å². The van der Waals surface area contributed by atoms with E-state index >= 15 is 0 Å². The fourth-order valence-electron chi connectivity index (χ4n) is 1.74. The third-order valence-corrected chi connectivity index (χ3v) is 3.25. The summed E-state index contributed by atoms with van der Waals surface area (Å²) in [7, 11) is 0. The molecule has 0 aliphatic carbocycles. The molecule has 19 heavy (non-hydrogen) atoms. The van der Waals surface area contributed by atoms with Gasteiger partial charge in [0, 0.05) is 16.6 Å². The zero-order valence-corrected chi connectivity index (χ0v) is 12.3. The molecule has 1 N–H and O–H groups in total. The number of aliphatic hydroxyl groups excluding tert-OH is 1. The average molecular weight is 326 g/mol. The number of rotatable bonds is 6. The number of nitrogens with zero attached hydrogens (tertiary/aromatic N) is 3. The summed E-state index contributed by atoms with van der Waals surface area (Å²) < 4.78 is 6.61. The van der Waals surface area contributed by atoms with Crippen LogP contribution < -0.4 is 0 Å². The van der Waals surface area contributed by atoms with Gasteiger partial charge < -0.3 is 9.52 Å². The van der Waals surface area contributed by atoms with E-state index in [2.05, 4.69) is 26.1 Å². The molecule has 0 fully saturated rings. The molecule has 1 aromatic carbocycles. The fourth-order valence-corrected chi connectivity index (χ4v) is 2.14. The smallest absolute Gasteiger partial charge is 0.247 e.